The van der Waals surface area contributed by atoms with Crippen molar-refractivity contribution in [2.75, 3.05) is 0 Å². The van der Waals surface area contributed by atoms with E-state index in [4.69, 9.17) is 0 Å². The molecular weight excluding hydrogens is 214 g/mol. The Kier molecular flexibility index (Phi) is 3.32. The van der Waals surface area contributed by atoms with E-state index in [1.54, 1.807) is 24.7 Å². The summed E-state index contributed by atoms with van der Waals surface area (Å²) in [6.45, 7) is 1.90. The minimum Gasteiger partial charge on any atom is -0.338 e. The van der Waals surface area contributed by atoms with E-state index in [2.05, 4.69) is 9.97 Å². The third-order valence-electron chi connectivity index (χ3n) is 2.82. The fraction of sp³-hybridized carbons (Fsp3) is 0.308. The number of ketones is 1. The second-order valence-corrected chi connectivity index (χ2v) is 4.07. The molecule has 2 aromatic heterocycles. The first-order chi connectivity index (χ1) is 8.18. The number of hydrogen-bond acceptors (Lipinski definition) is 3. The van der Waals surface area contributed by atoms with Crippen LogP contribution in [0.2, 0.25) is 0 Å². The maximum absolute atomic E-state index is 12.0. The average Bonchev–Trinajstić information content (AvgIpc) is 2.72. The number of aromatic nitrogens is 3. The number of hydrogen-bond donors (Lipinski definition) is 0. The summed E-state index contributed by atoms with van der Waals surface area (Å²) in [4.78, 5) is 20.2. The van der Waals surface area contributed by atoms with E-state index in [9.17, 15) is 4.79 Å². The van der Waals surface area contributed by atoms with Crippen molar-refractivity contribution in [1.29, 1.82) is 0 Å². The normalized spacial score (nSPS) is 10.5. The molecule has 88 valence electrons. The van der Waals surface area contributed by atoms with Crippen LogP contribution in [0.25, 0.3) is 0 Å². The van der Waals surface area contributed by atoms with Crippen molar-refractivity contribution >= 4 is 5.78 Å². The van der Waals surface area contributed by atoms with Gasteiger partial charge in [0.2, 0.25) is 0 Å². The van der Waals surface area contributed by atoms with E-state index in [0.717, 1.165) is 17.0 Å². The van der Waals surface area contributed by atoms with E-state index in [1.807, 2.05) is 24.7 Å². The molecule has 0 aliphatic carbocycles. The fourth-order valence-electron chi connectivity index (χ4n) is 1.78. The zero-order valence-electron chi connectivity index (χ0n) is 10.1. The largest absolute Gasteiger partial charge is 0.338 e. The third kappa shape index (κ3) is 2.58. The predicted molar refractivity (Wildman–Crippen MR) is 64.8 cm³/mol. The Morgan fingerprint density at radius 1 is 1.41 bits per heavy atom. The summed E-state index contributed by atoms with van der Waals surface area (Å²) in [6, 6.07) is 1.77. The molecule has 0 saturated carbocycles. The highest BCUT2D eigenvalue weighted by Crippen LogP contribution is 2.10. The van der Waals surface area contributed by atoms with Crippen LogP contribution in [0, 0.1) is 6.92 Å². The quantitative estimate of drug-likeness (QED) is 0.753. The molecule has 0 aliphatic heterocycles. The van der Waals surface area contributed by atoms with Gasteiger partial charge in [0.15, 0.2) is 5.78 Å². The third-order valence-corrected chi connectivity index (χ3v) is 2.82. The van der Waals surface area contributed by atoms with Gasteiger partial charge in [-0.2, -0.15) is 0 Å². The van der Waals surface area contributed by atoms with Gasteiger partial charge >= 0.3 is 0 Å². The Labute approximate surface area is 100 Å². The molecule has 0 radical (unpaired) electrons. The van der Waals surface area contributed by atoms with Gasteiger partial charge in [-0.15, -0.1) is 0 Å². The SMILES string of the molecule is Cc1cnccc1C(=O)CCc1nccn1C. The second kappa shape index (κ2) is 4.91. The van der Waals surface area contributed by atoms with Crippen molar-refractivity contribution < 1.29 is 4.79 Å². The first-order valence-corrected chi connectivity index (χ1v) is 5.58. The minimum absolute atomic E-state index is 0.146. The smallest absolute Gasteiger partial charge is 0.163 e. The van der Waals surface area contributed by atoms with E-state index < -0.39 is 0 Å². The summed E-state index contributed by atoms with van der Waals surface area (Å²) < 4.78 is 1.94. The van der Waals surface area contributed by atoms with Gasteiger partial charge < -0.3 is 4.57 Å². The van der Waals surface area contributed by atoms with Gasteiger partial charge in [-0.25, -0.2) is 4.98 Å². The van der Waals surface area contributed by atoms with Crippen LogP contribution in [0.1, 0.15) is 28.2 Å². The zero-order valence-corrected chi connectivity index (χ0v) is 10.1. The lowest BCUT2D eigenvalue weighted by molar-refractivity contribution is 0.0981. The van der Waals surface area contributed by atoms with Crippen molar-refractivity contribution in [3.63, 3.8) is 0 Å². The Morgan fingerprint density at radius 3 is 2.88 bits per heavy atom. The maximum Gasteiger partial charge on any atom is 0.163 e. The summed E-state index contributed by atoms with van der Waals surface area (Å²) in [5, 5.41) is 0. The molecule has 0 N–H and O–H groups in total. The number of Topliss-reactive ketones (excluding diaryl/α,β-unsaturated/α-hetero) is 1. The Morgan fingerprint density at radius 2 is 2.24 bits per heavy atom. The molecule has 0 aromatic carbocycles. The number of nitrogens with zero attached hydrogens (tertiary/aromatic N) is 3. The summed E-state index contributed by atoms with van der Waals surface area (Å²) in [7, 11) is 1.94. The topological polar surface area (TPSA) is 47.8 Å². The first kappa shape index (κ1) is 11.5. The van der Waals surface area contributed by atoms with E-state index >= 15 is 0 Å². The van der Waals surface area contributed by atoms with Crippen LogP contribution in [0.3, 0.4) is 0 Å². The molecule has 0 aliphatic rings. The van der Waals surface area contributed by atoms with Crippen molar-refractivity contribution in [1.82, 2.24) is 14.5 Å². The highest BCUT2D eigenvalue weighted by Gasteiger charge is 2.10. The molecule has 0 atom stereocenters. The summed E-state index contributed by atoms with van der Waals surface area (Å²) in [6.07, 6.45) is 8.16. The second-order valence-electron chi connectivity index (χ2n) is 4.07. The molecule has 0 saturated heterocycles. The highest BCUT2D eigenvalue weighted by atomic mass is 16.1. The molecule has 4 nitrogen and oxygen atoms in total. The predicted octanol–water partition coefficient (Wildman–Crippen LogP) is 1.94. The van der Waals surface area contributed by atoms with Crippen LogP contribution in [0.5, 0.6) is 0 Å². The minimum atomic E-state index is 0.146. The van der Waals surface area contributed by atoms with Crippen molar-refractivity contribution in [3.8, 4) is 0 Å². The van der Waals surface area contributed by atoms with Gasteiger partial charge in [0.05, 0.1) is 0 Å². The van der Waals surface area contributed by atoms with Crippen molar-refractivity contribution in [3.05, 3.63) is 47.8 Å². The van der Waals surface area contributed by atoms with Crippen LogP contribution in [0.4, 0.5) is 0 Å². The summed E-state index contributed by atoms with van der Waals surface area (Å²) >= 11 is 0. The number of imidazole rings is 1. The van der Waals surface area contributed by atoms with Gasteiger partial charge in [-0.3, -0.25) is 9.78 Å². The summed E-state index contributed by atoms with van der Waals surface area (Å²) in [5.74, 6) is 1.08. The number of rotatable bonds is 4. The fourth-order valence-corrected chi connectivity index (χ4v) is 1.78. The lowest BCUT2D eigenvalue weighted by Gasteiger charge is -2.04. The van der Waals surface area contributed by atoms with E-state index in [0.29, 0.717) is 12.8 Å². The summed E-state index contributed by atoms with van der Waals surface area (Å²) in [5.41, 5.74) is 1.69. The molecule has 0 unspecified atom stereocenters. The van der Waals surface area contributed by atoms with Gasteiger partial charge in [-0.05, 0) is 18.6 Å². The van der Waals surface area contributed by atoms with Crippen molar-refractivity contribution in [2.24, 2.45) is 7.05 Å². The van der Waals surface area contributed by atoms with Crippen LogP contribution < -0.4 is 0 Å². The molecule has 2 aromatic rings. The number of carbonyl (C=O) groups is 1. The van der Waals surface area contributed by atoms with Crippen LogP contribution >= 0.6 is 0 Å². The Hall–Kier alpha value is -1.97. The molecule has 0 spiro atoms. The average molecular weight is 229 g/mol. The standard InChI is InChI=1S/C13H15N3O/c1-10-9-14-6-5-11(10)12(17)3-4-13-15-7-8-16(13)2/h5-9H,3-4H2,1-2H3. The number of aryl methyl sites for hydroxylation is 3. The zero-order chi connectivity index (χ0) is 12.3. The maximum atomic E-state index is 12.0. The molecule has 2 rings (SSSR count). The lowest BCUT2D eigenvalue weighted by atomic mass is 10.0. The molecule has 0 amide bonds. The first-order valence-electron chi connectivity index (χ1n) is 5.58. The molecule has 2 heterocycles. The lowest BCUT2D eigenvalue weighted by Crippen LogP contribution is -2.06. The molecular formula is C13H15N3O. The van der Waals surface area contributed by atoms with Crippen molar-refractivity contribution in [2.45, 2.75) is 19.8 Å². The Balaban J connectivity index is 2.04. The van der Waals surface area contributed by atoms with Crippen LogP contribution in [-0.4, -0.2) is 20.3 Å². The van der Waals surface area contributed by atoms with Crippen LogP contribution in [-0.2, 0) is 13.5 Å². The van der Waals surface area contributed by atoms with Gasteiger partial charge in [0.25, 0.3) is 0 Å². The van der Waals surface area contributed by atoms with E-state index in [-0.39, 0.29) is 5.78 Å². The van der Waals surface area contributed by atoms with Gasteiger partial charge in [-0.1, -0.05) is 0 Å². The van der Waals surface area contributed by atoms with Gasteiger partial charge in [0, 0.05) is 50.2 Å². The number of pyridine rings is 1. The van der Waals surface area contributed by atoms with Crippen LogP contribution in [0.15, 0.2) is 30.9 Å². The van der Waals surface area contributed by atoms with E-state index in [1.165, 1.54) is 0 Å². The monoisotopic (exact) mass is 229 g/mol. The van der Waals surface area contributed by atoms with Gasteiger partial charge in [0.1, 0.15) is 5.82 Å². The molecule has 17 heavy (non-hydrogen) atoms. The molecule has 0 bridgehead atoms. The number of carbonyl (C=O) groups excluding carboxylic acids is 1. The highest BCUT2D eigenvalue weighted by molar-refractivity contribution is 5.97. The molecule has 4 heteroatoms. The molecule has 0 fully saturated rings. The Bertz CT molecular complexity index is 531.